The van der Waals surface area contributed by atoms with Crippen molar-refractivity contribution in [2.45, 2.75) is 43.8 Å². The van der Waals surface area contributed by atoms with Gasteiger partial charge in [-0.15, -0.1) is 0 Å². The van der Waals surface area contributed by atoms with Gasteiger partial charge in [-0.3, -0.25) is 0 Å². The second-order valence-corrected chi connectivity index (χ2v) is 3.36. The molecule has 1 saturated heterocycles. The molecule has 1 heterocycles. The first kappa shape index (κ1) is 10.9. The Kier molecular flexibility index (Phi) is 3.63. The molecular weight excluding hydrogens is 174 g/mol. The summed E-state index contributed by atoms with van der Waals surface area (Å²) in [4.78, 5) is 0. The minimum absolute atomic E-state index is 0.296. The van der Waals surface area contributed by atoms with Crippen LogP contribution in [0.25, 0.3) is 0 Å². The Morgan fingerprint density at radius 1 is 1.23 bits per heavy atom. The zero-order valence-corrected chi connectivity index (χ0v) is 7.63. The maximum absolute atomic E-state index is 9.48. The number of rotatable bonds is 2. The minimum atomic E-state index is -1.09. The Bertz CT molecular complexity index is 146. The topological polar surface area (TPSA) is 95.9 Å². The second kappa shape index (κ2) is 4.34. The number of hydrogen-bond donors (Lipinski definition) is 4. The number of hydrogen-bond acceptors (Lipinski definition) is 5. The largest absolute Gasteiger partial charge is 0.394 e. The molecule has 0 aromatic carbocycles. The molecule has 5 heteroatoms. The van der Waals surface area contributed by atoms with Gasteiger partial charge in [-0.2, -0.15) is 0 Å². The smallest absolute Gasteiger partial charge is 0.110 e. The molecule has 0 saturated carbocycles. The summed E-state index contributed by atoms with van der Waals surface area (Å²) in [5.74, 6) is 0. The second-order valence-electron chi connectivity index (χ2n) is 3.36. The molecule has 0 radical (unpaired) electrons. The average Bonchev–Trinajstić information content (AvgIpc) is 2.15. The van der Waals surface area contributed by atoms with Crippen molar-refractivity contribution in [3.63, 3.8) is 0 Å². The van der Waals surface area contributed by atoms with Crippen LogP contribution in [-0.4, -0.2) is 52.4 Å². The lowest BCUT2D eigenvalue weighted by Gasteiger charge is -2.40. The van der Waals surface area contributed by atoms with Crippen molar-refractivity contribution in [2.24, 2.45) is 5.73 Å². The molecule has 0 amide bonds. The third kappa shape index (κ3) is 2.00. The monoisotopic (exact) mass is 191 g/mol. The third-order valence-corrected chi connectivity index (χ3v) is 2.49. The molecule has 0 aromatic heterocycles. The Morgan fingerprint density at radius 2 is 1.85 bits per heavy atom. The molecule has 3 unspecified atom stereocenters. The van der Waals surface area contributed by atoms with Crippen LogP contribution in [0.4, 0.5) is 0 Å². The maximum Gasteiger partial charge on any atom is 0.110 e. The molecule has 5 N–H and O–H groups in total. The fraction of sp³-hybridized carbons (Fsp3) is 1.00. The van der Waals surface area contributed by atoms with Crippen LogP contribution in [0.15, 0.2) is 0 Å². The molecule has 0 spiro atoms. The van der Waals surface area contributed by atoms with E-state index in [1.54, 1.807) is 0 Å². The van der Waals surface area contributed by atoms with Crippen LogP contribution in [0.5, 0.6) is 0 Å². The zero-order chi connectivity index (χ0) is 10.0. The maximum atomic E-state index is 9.48. The number of aliphatic hydroxyl groups is 3. The summed E-state index contributed by atoms with van der Waals surface area (Å²) < 4.78 is 5.29. The number of nitrogens with two attached hydrogens (primary N) is 1. The van der Waals surface area contributed by atoms with Crippen LogP contribution >= 0.6 is 0 Å². The van der Waals surface area contributed by atoms with Crippen LogP contribution in [0, 0.1) is 0 Å². The molecular formula is C8H17NO4. The zero-order valence-electron chi connectivity index (χ0n) is 7.63. The van der Waals surface area contributed by atoms with Gasteiger partial charge >= 0.3 is 0 Å². The van der Waals surface area contributed by atoms with Gasteiger partial charge in [0.25, 0.3) is 0 Å². The Balaban J connectivity index is 2.66. The fourth-order valence-electron chi connectivity index (χ4n) is 1.58. The van der Waals surface area contributed by atoms with Crippen LogP contribution in [0.2, 0.25) is 0 Å². The van der Waals surface area contributed by atoms with Gasteiger partial charge in [0.1, 0.15) is 18.3 Å². The molecule has 0 bridgehead atoms. The summed E-state index contributed by atoms with van der Waals surface area (Å²) in [6.07, 6.45) is -2.48. The van der Waals surface area contributed by atoms with Gasteiger partial charge in [0.2, 0.25) is 0 Å². The van der Waals surface area contributed by atoms with E-state index in [1.165, 1.54) is 0 Å². The van der Waals surface area contributed by atoms with Gasteiger partial charge in [-0.05, 0) is 6.42 Å². The van der Waals surface area contributed by atoms with Crippen molar-refractivity contribution in [2.75, 3.05) is 6.61 Å². The number of aliphatic hydroxyl groups excluding tert-OH is 3. The van der Waals surface area contributed by atoms with Crippen LogP contribution in [-0.2, 0) is 4.74 Å². The Labute approximate surface area is 77.1 Å². The van der Waals surface area contributed by atoms with Crippen LogP contribution < -0.4 is 5.73 Å². The van der Waals surface area contributed by atoms with E-state index in [9.17, 15) is 10.2 Å². The fourth-order valence-corrected chi connectivity index (χ4v) is 1.58. The molecule has 5 nitrogen and oxygen atoms in total. The first-order chi connectivity index (χ1) is 6.11. The average molecular weight is 191 g/mol. The summed E-state index contributed by atoms with van der Waals surface area (Å²) in [5.41, 5.74) is 5.62. The standard InChI is InChI=1S/C8H17NO4/c1-2-4-6(9)8(12)7(11)5(3-10)13-4/h4-8,10-12H,2-3,9H2,1H3/t4-,5?,6?,7+,8?/m0/s1. The van der Waals surface area contributed by atoms with E-state index < -0.39 is 24.4 Å². The van der Waals surface area contributed by atoms with E-state index in [2.05, 4.69) is 0 Å². The SMILES string of the molecule is CC[C@@H]1OC(CO)[C@@H](O)C(O)C1N. The third-order valence-electron chi connectivity index (χ3n) is 2.49. The molecule has 1 aliphatic rings. The summed E-state index contributed by atoms with van der Waals surface area (Å²) in [7, 11) is 0. The van der Waals surface area contributed by atoms with E-state index in [4.69, 9.17) is 15.6 Å². The van der Waals surface area contributed by atoms with Crippen molar-refractivity contribution < 1.29 is 20.1 Å². The van der Waals surface area contributed by atoms with Crippen LogP contribution in [0.3, 0.4) is 0 Å². The molecule has 0 aromatic rings. The summed E-state index contributed by atoms with van der Waals surface area (Å²) in [6.45, 7) is 1.57. The molecule has 0 aliphatic carbocycles. The highest BCUT2D eigenvalue weighted by atomic mass is 16.5. The summed E-state index contributed by atoms with van der Waals surface area (Å²) in [5, 5.41) is 27.7. The lowest BCUT2D eigenvalue weighted by molar-refractivity contribution is -0.189. The van der Waals surface area contributed by atoms with Gasteiger partial charge in [0.05, 0.1) is 18.8 Å². The van der Waals surface area contributed by atoms with Gasteiger partial charge < -0.3 is 25.8 Å². The first-order valence-electron chi connectivity index (χ1n) is 4.49. The summed E-state index contributed by atoms with van der Waals surface area (Å²) in [6, 6.07) is -0.581. The van der Waals surface area contributed by atoms with E-state index in [0.717, 1.165) is 0 Å². The predicted octanol–water partition coefficient (Wildman–Crippen LogP) is -1.79. The number of ether oxygens (including phenoxy) is 1. The van der Waals surface area contributed by atoms with E-state index in [0.29, 0.717) is 6.42 Å². The van der Waals surface area contributed by atoms with Gasteiger partial charge in [0, 0.05) is 0 Å². The van der Waals surface area contributed by atoms with Crippen molar-refractivity contribution in [3.05, 3.63) is 0 Å². The van der Waals surface area contributed by atoms with Crippen molar-refractivity contribution in [3.8, 4) is 0 Å². The van der Waals surface area contributed by atoms with Crippen molar-refractivity contribution in [1.29, 1.82) is 0 Å². The lowest BCUT2D eigenvalue weighted by Crippen LogP contribution is -2.61. The van der Waals surface area contributed by atoms with Gasteiger partial charge in [0.15, 0.2) is 0 Å². The lowest BCUT2D eigenvalue weighted by atomic mass is 9.92. The van der Waals surface area contributed by atoms with Gasteiger partial charge in [-0.25, -0.2) is 0 Å². The highest BCUT2D eigenvalue weighted by Gasteiger charge is 2.41. The molecule has 13 heavy (non-hydrogen) atoms. The normalized spacial score (nSPS) is 46.4. The highest BCUT2D eigenvalue weighted by molar-refractivity contribution is 4.93. The Morgan fingerprint density at radius 3 is 2.31 bits per heavy atom. The first-order valence-corrected chi connectivity index (χ1v) is 4.49. The molecule has 1 fully saturated rings. The molecule has 1 rings (SSSR count). The highest BCUT2D eigenvalue weighted by Crippen LogP contribution is 2.21. The summed E-state index contributed by atoms with van der Waals surface area (Å²) >= 11 is 0. The predicted molar refractivity (Wildman–Crippen MR) is 46.0 cm³/mol. The van der Waals surface area contributed by atoms with Crippen molar-refractivity contribution >= 4 is 0 Å². The minimum Gasteiger partial charge on any atom is -0.394 e. The molecule has 5 atom stereocenters. The van der Waals surface area contributed by atoms with Crippen LogP contribution in [0.1, 0.15) is 13.3 Å². The van der Waals surface area contributed by atoms with Crippen molar-refractivity contribution in [1.82, 2.24) is 0 Å². The van der Waals surface area contributed by atoms with E-state index in [-0.39, 0.29) is 12.7 Å². The van der Waals surface area contributed by atoms with E-state index >= 15 is 0 Å². The molecule has 1 aliphatic heterocycles. The van der Waals surface area contributed by atoms with E-state index in [1.807, 2.05) is 6.92 Å². The molecule has 78 valence electrons. The quantitative estimate of drug-likeness (QED) is 0.413. The Hall–Kier alpha value is -0.200. The van der Waals surface area contributed by atoms with Gasteiger partial charge in [-0.1, -0.05) is 6.92 Å².